The van der Waals surface area contributed by atoms with Crippen LogP contribution in [0.4, 0.5) is 11.6 Å². The second kappa shape index (κ2) is 6.03. The van der Waals surface area contributed by atoms with Crippen LogP contribution in [0, 0.1) is 12.8 Å². The first-order chi connectivity index (χ1) is 8.67. The number of nitrogens with zero attached hydrogens (tertiary/aromatic N) is 2. The summed E-state index contributed by atoms with van der Waals surface area (Å²) in [5.41, 5.74) is 0. The molecule has 1 aromatic rings. The lowest BCUT2D eigenvalue weighted by atomic mass is 9.87. The molecule has 0 spiro atoms. The number of hydrogen-bond donors (Lipinski definition) is 2. The van der Waals surface area contributed by atoms with E-state index in [4.69, 9.17) is 0 Å². The summed E-state index contributed by atoms with van der Waals surface area (Å²) in [6.45, 7) is 7.24. The van der Waals surface area contributed by atoms with E-state index < -0.39 is 0 Å². The largest absolute Gasteiger partial charge is 0.370 e. The second-order valence-electron chi connectivity index (χ2n) is 5.32. The van der Waals surface area contributed by atoms with Gasteiger partial charge in [0.15, 0.2) is 0 Å². The molecule has 4 heteroatoms. The summed E-state index contributed by atoms with van der Waals surface area (Å²) in [5.74, 6) is 3.57. The van der Waals surface area contributed by atoms with E-state index in [1.807, 2.05) is 13.0 Å². The number of anilines is 2. The van der Waals surface area contributed by atoms with Crippen molar-refractivity contribution in [3.63, 3.8) is 0 Å². The quantitative estimate of drug-likeness (QED) is 0.859. The Morgan fingerprint density at radius 1 is 1.17 bits per heavy atom. The Morgan fingerprint density at radius 2 is 1.83 bits per heavy atom. The van der Waals surface area contributed by atoms with Crippen LogP contribution in [-0.2, 0) is 0 Å². The van der Waals surface area contributed by atoms with Gasteiger partial charge in [-0.05, 0) is 45.4 Å². The highest BCUT2D eigenvalue weighted by molar-refractivity contribution is 5.48. The van der Waals surface area contributed by atoms with Gasteiger partial charge in [-0.15, -0.1) is 0 Å². The molecule has 1 saturated carbocycles. The van der Waals surface area contributed by atoms with Crippen LogP contribution in [-0.4, -0.2) is 22.6 Å². The summed E-state index contributed by atoms with van der Waals surface area (Å²) in [6.07, 6.45) is 5.14. The molecule has 1 aliphatic carbocycles. The van der Waals surface area contributed by atoms with Crippen LogP contribution in [0.2, 0.25) is 0 Å². The summed E-state index contributed by atoms with van der Waals surface area (Å²) in [5, 5.41) is 6.79. The Balaban J connectivity index is 2.00. The highest BCUT2D eigenvalue weighted by atomic mass is 15.1. The molecule has 2 rings (SSSR count). The predicted molar refractivity (Wildman–Crippen MR) is 76.0 cm³/mol. The van der Waals surface area contributed by atoms with Crippen LogP contribution < -0.4 is 10.6 Å². The molecule has 0 aliphatic heterocycles. The van der Waals surface area contributed by atoms with Gasteiger partial charge in [0.25, 0.3) is 0 Å². The molecule has 2 N–H and O–H groups in total. The third-order valence-corrected chi connectivity index (χ3v) is 3.56. The number of aryl methyl sites for hydroxylation is 1. The fraction of sp³-hybridized carbons (Fsp3) is 0.714. The van der Waals surface area contributed by atoms with E-state index >= 15 is 0 Å². The summed E-state index contributed by atoms with van der Waals surface area (Å²) in [4.78, 5) is 8.83. The van der Waals surface area contributed by atoms with E-state index in [0.29, 0.717) is 6.04 Å². The van der Waals surface area contributed by atoms with Gasteiger partial charge in [0.1, 0.15) is 17.5 Å². The van der Waals surface area contributed by atoms with Gasteiger partial charge < -0.3 is 10.6 Å². The Bertz CT molecular complexity index is 383. The molecule has 1 aliphatic rings. The average Bonchev–Trinajstić information content (AvgIpc) is 2.32. The molecular formula is C14H24N4. The highest BCUT2D eigenvalue weighted by Gasteiger charge is 2.18. The predicted octanol–water partition coefficient (Wildman–Crippen LogP) is 3.21. The molecule has 1 fully saturated rings. The number of hydrogen-bond acceptors (Lipinski definition) is 4. The zero-order valence-electron chi connectivity index (χ0n) is 11.7. The first kappa shape index (κ1) is 13.1. The number of aromatic nitrogens is 2. The molecule has 0 aromatic carbocycles. The van der Waals surface area contributed by atoms with E-state index in [2.05, 4.69) is 34.4 Å². The van der Waals surface area contributed by atoms with E-state index in [1.54, 1.807) is 0 Å². The standard InChI is InChI=1S/C14H24N4/c1-4-15-13-9-14(17-11(3)16-13)18-12-7-5-10(2)6-8-12/h9-10,12H,4-8H2,1-3H3,(H2,15,16,17,18). The van der Waals surface area contributed by atoms with E-state index in [0.717, 1.165) is 29.9 Å². The number of rotatable bonds is 4. The molecule has 0 radical (unpaired) electrons. The van der Waals surface area contributed by atoms with E-state index in [-0.39, 0.29) is 0 Å². The second-order valence-corrected chi connectivity index (χ2v) is 5.32. The monoisotopic (exact) mass is 248 g/mol. The van der Waals surface area contributed by atoms with Gasteiger partial charge in [0.2, 0.25) is 0 Å². The SMILES string of the molecule is CCNc1cc(NC2CCC(C)CC2)nc(C)n1. The molecule has 0 bridgehead atoms. The van der Waals surface area contributed by atoms with Gasteiger partial charge in [-0.25, -0.2) is 9.97 Å². The fourth-order valence-electron chi connectivity index (χ4n) is 2.53. The van der Waals surface area contributed by atoms with Crippen molar-refractivity contribution in [1.29, 1.82) is 0 Å². The van der Waals surface area contributed by atoms with Crippen LogP contribution >= 0.6 is 0 Å². The molecule has 4 nitrogen and oxygen atoms in total. The molecule has 1 heterocycles. The van der Waals surface area contributed by atoms with Gasteiger partial charge in [0, 0.05) is 18.7 Å². The average molecular weight is 248 g/mol. The molecule has 1 aromatic heterocycles. The van der Waals surface area contributed by atoms with Gasteiger partial charge >= 0.3 is 0 Å². The third-order valence-electron chi connectivity index (χ3n) is 3.56. The summed E-state index contributed by atoms with van der Waals surface area (Å²) in [7, 11) is 0. The normalized spacial score (nSPS) is 23.7. The van der Waals surface area contributed by atoms with E-state index in [1.165, 1.54) is 25.7 Å². The maximum atomic E-state index is 4.47. The molecule has 18 heavy (non-hydrogen) atoms. The van der Waals surface area contributed by atoms with Crippen LogP contribution in [0.5, 0.6) is 0 Å². The lowest BCUT2D eigenvalue weighted by Gasteiger charge is -2.27. The topological polar surface area (TPSA) is 49.8 Å². The zero-order chi connectivity index (χ0) is 13.0. The Hall–Kier alpha value is -1.32. The Kier molecular flexibility index (Phi) is 4.39. The van der Waals surface area contributed by atoms with Crippen LogP contribution in [0.1, 0.15) is 45.4 Å². The molecule has 0 atom stereocenters. The molecule has 0 unspecified atom stereocenters. The summed E-state index contributed by atoms with van der Waals surface area (Å²) < 4.78 is 0. The van der Waals surface area contributed by atoms with Crippen molar-refractivity contribution in [2.45, 2.75) is 52.5 Å². The number of nitrogens with one attached hydrogen (secondary N) is 2. The van der Waals surface area contributed by atoms with Crippen LogP contribution in [0.15, 0.2) is 6.07 Å². The minimum Gasteiger partial charge on any atom is -0.370 e. The summed E-state index contributed by atoms with van der Waals surface area (Å²) in [6, 6.07) is 2.58. The van der Waals surface area contributed by atoms with Crippen molar-refractivity contribution in [3.8, 4) is 0 Å². The summed E-state index contributed by atoms with van der Waals surface area (Å²) >= 11 is 0. The first-order valence-electron chi connectivity index (χ1n) is 7.03. The maximum Gasteiger partial charge on any atom is 0.132 e. The molecule has 0 saturated heterocycles. The Labute approximate surface area is 110 Å². The lowest BCUT2D eigenvalue weighted by molar-refractivity contribution is 0.361. The van der Waals surface area contributed by atoms with Gasteiger partial charge in [0.05, 0.1) is 0 Å². The van der Waals surface area contributed by atoms with Crippen molar-refractivity contribution in [2.75, 3.05) is 17.2 Å². The van der Waals surface area contributed by atoms with Crippen molar-refractivity contribution >= 4 is 11.6 Å². The van der Waals surface area contributed by atoms with Gasteiger partial charge in [-0.3, -0.25) is 0 Å². The van der Waals surface area contributed by atoms with Crippen molar-refractivity contribution in [3.05, 3.63) is 11.9 Å². The van der Waals surface area contributed by atoms with Crippen molar-refractivity contribution in [2.24, 2.45) is 5.92 Å². The molecule has 100 valence electrons. The molecule has 0 amide bonds. The zero-order valence-corrected chi connectivity index (χ0v) is 11.7. The van der Waals surface area contributed by atoms with Crippen LogP contribution in [0.3, 0.4) is 0 Å². The fourth-order valence-corrected chi connectivity index (χ4v) is 2.53. The molecular weight excluding hydrogens is 224 g/mol. The van der Waals surface area contributed by atoms with Crippen molar-refractivity contribution in [1.82, 2.24) is 9.97 Å². The maximum absolute atomic E-state index is 4.47. The first-order valence-corrected chi connectivity index (χ1v) is 7.03. The van der Waals surface area contributed by atoms with E-state index in [9.17, 15) is 0 Å². The smallest absolute Gasteiger partial charge is 0.132 e. The van der Waals surface area contributed by atoms with Gasteiger partial charge in [-0.1, -0.05) is 6.92 Å². The third kappa shape index (κ3) is 3.59. The Morgan fingerprint density at radius 3 is 2.50 bits per heavy atom. The van der Waals surface area contributed by atoms with Gasteiger partial charge in [-0.2, -0.15) is 0 Å². The highest BCUT2D eigenvalue weighted by Crippen LogP contribution is 2.26. The van der Waals surface area contributed by atoms with Crippen molar-refractivity contribution < 1.29 is 0 Å². The minimum absolute atomic E-state index is 0.574. The minimum atomic E-state index is 0.574. The lowest BCUT2D eigenvalue weighted by Crippen LogP contribution is -2.25. The van der Waals surface area contributed by atoms with Crippen LogP contribution in [0.25, 0.3) is 0 Å².